The molecule has 5 N–H and O–H groups in total. The molecule has 1 aliphatic rings. The number of aromatic nitrogens is 1. The number of rotatable bonds is 16. The minimum Gasteiger partial charge on any atom is -0.506 e. The number of aromatic hydroxyl groups is 1. The highest BCUT2D eigenvalue weighted by Crippen LogP contribution is 2.29. The van der Waals surface area contributed by atoms with Crippen molar-refractivity contribution in [2.45, 2.75) is 57.6 Å². The highest BCUT2D eigenvalue weighted by atomic mass is 16.6. The molecule has 1 unspecified atom stereocenters. The first kappa shape index (κ1) is 43.3. The van der Waals surface area contributed by atoms with E-state index in [0.29, 0.717) is 48.4 Å². The molecule has 0 spiro atoms. The number of nitrogens with one attached hydrogen (secondary N) is 4. The van der Waals surface area contributed by atoms with E-state index in [1.807, 2.05) is 97.1 Å². The van der Waals surface area contributed by atoms with E-state index in [2.05, 4.69) is 44.9 Å². The molecule has 3 amide bonds. The van der Waals surface area contributed by atoms with Gasteiger partial charge in [-0.05, 0) is 97.8 Å². The Balaban J connectivity index is 0.802. The number of aromatic amines is 1. The minimum atomic E-state index is -0.469. The van der Waals surface area contributed by atoms with Crippen LogP contribution in [0.1, 0.15) is 42.9 Å². The lowest BCUT2D eigenvalue weighted by atomic mass is 10.0. The van der Waals surface area contributed by atoms with Crippen LogP contribution in [-0.4, -0.2) is 78.3 Å². The fourth-order valence-corrected chi connectivity index (χ4v) is 7.94. The van der Waals surface area contributed by atoms with Gasteiger partial charge in [-0.15, -0.1) is 0 Å². The molecule has 1 aromatic heterocycles. The van der Waals surface area contributed by atoms with Crippen LogP contribution in [0.15, 0.2) is 132 Å². The van der Waals surface area contributed by atoms with Crippen LogP contribution in [0.2, 0.25) is 0 Å². The molecule has 62 heavy (non-hydrogen) atoms. The maximum atomic E-state index is 13.3. The molecule has 1 saturated heterocycles. The quantitative estimate of drug-likeness (QED) is 0.0659. The van der Waals surface area contributed by atoms with Gasteiger partial charge in [0.2, 0.25) is 17.4 Å². The number of anilines is 3. The van der Waals surface area contributed by atoms with Gasteiger partial charge in [0.15, 0.2) is 0 Å². The third-order valence-corrected chi connectivity index (χ3v) is 11.4. The summed E-state index contributed by atoms with van der Waals surface area (Å²) < 4.78 is 5.78. The zero-order chi connectivity index (χ0) is 43.4. The minimum absolute atomic E-state index is 0.0301. The lowest BCUT2D eigenvalue weighted by molar-refractivity contribution is -0.118. The molecule has 0 bridgehead atoms. The Kier molecular flexibility index (Phi) is 14.4. The lowest BCUT2D eigenvalue weighted by Crippen LogP contribution is -2.40. The van der Waals surface area contributed by atoms with Gasteiger partial charge in [0.1, 0.15) is 11.9 Å². The van der Waals surface area contributed by atoms with Crippen molar-refractivity contribution >= 4 is 45.9 Å². The summed E-state index contributed by atoms with van der Waals surface area (Å²) in [7, 11) is 1.75. The van der Waals surface area contributed by atoms with Crippen LogP contribution in [0.3, 0.4) is 0 Å². The van der Waals surface area contributed by atoms with Gasteiger partial charge in [0.25, 0.3) is 0 Å². The zero-order valence-electron chi connectivity index (χ0n) is 35.2. The average Bonchev–Trinajstić information content (AvgIpc) is 3.28. The normalized spacial score (nSPS) is 13.6. The van der Waals surface area contributed by atoms with Gasteiger partial charge in [-0.2, -0.15) is 0 Å². The van der Waals surface area contributed by atoms with Crippen LogP contribution in [0.4, 0.5) is 21.9 Å². The number of likely N-dealkylation sites (tertiary alicyclic amines) is 1. The second-order valence-electron chi connectivity index (χ2n) is 15.9. The largest absolute Gasteiger partial charge is 0.506 e. The molecule has 6 aromatic rings. The van der Waals surface area contributed by atoms with Gasteiger partial charge in [-0.3, -0.25) is 19.7 Å². The number of hydrogen-bond donors (Lipinski definition) is 5. The van der Waals surface area contributed by atoms with Crippen molar-refractivity contribution < 1.29 is 24.2 Å². The maximum absolute atomic E-state index is 13.3. The number of phenolic OH excluding ortho intramolecular Hbond substituents is 1. The number of nitrogens with zero attached hydrogens (tertiary/aromatic N) is 2. The zero-order valence-corrected chi connectivity index (χ0v) is 35.2. The van der Waals surface area contributed by atoms with Crippen LogP contribution < -0.4 is 26.4 Å². The summed E-state index contributed by atoms with van der Waals surface area (Å²) >= 11 is 0. The number of H-pyrrole nitrogens is 1. The van der Waals surface area contributed by atoms with E-state index in [1.165, 1.54) is 6.07 Å². The van der Waals surface area contributed by atoms with Gasteiger partial charge in [0.05, 0.1) is 17.6 Å². The van der Waals surface area contributed by atoms with E-state index >= 15 is 0 Å². The molecule has 0 radical (unpaired) electrons. The standard InChI is InChI=1S/C50H54N6O6/c1-34(51-27-23-38-19-21-45(57)49-43(38)20-22-46(58)54-49)31-35-15-17-36(18-16-35)32-47(59)52-39-11-8-12-40(33-39)55(2)48(60)26-30-56-28-24-41(25-29-56)62-50(61)53-44-14-7-6-13-42(44)37-9-4-3-5-10-37/h3-22,33-34,41,51,57H,23-32H2,1-2H3,(H,52,59)(H,53,61)(H,54,58). The molecule has 0 aliphatic carbocycles. The van der Waals surface area contributed by atoms with Crippen LogP contribution in [-0.2, 0) is 33.6 Å². The first-order chi connectivity index (χ1) is 30.1. The van der Waals surface area contributed by atoms with Crippen LogP contribution in [0, 0.1) is 0 Å². The number of phenols is 1. The third kappa shape index (κ3) is 11.7. The Morgan fingerprint density at radius 1 is 0.855 bits per heavy atom. The summed E-state index contributed by atoms with van der Waals surface area (Å²) in [5.41, 5.74) is 7.26. The molecular weight excluding hydrogens is 781 g/mol. The van der Waals surface area contributed by atoms with E-state index < -0.39 is 6.09 Å². The van der Waals surface area contributed by atoms with Gasteiger partial charge >= 0.3 is 6.09 Å². The van der Waals surface area contributed by atoms with Crippen molar-refractivity contribution in [3.8, 4) is 16.9 Å². The molecule has 12 nitrogen and oxygen atoms in total. The smallest absolute Gasteiger partial charge is 0.411 e. The molecule has 5 aromatic carbocycles. The third-order valence-electron chi connectivity index (χ3n) is 11.4. The van der Waals surface area contributed by atoms with Crippen molar-refractivity contribution in [1.82, 2.24) is 15.2 Å². The highest BCUT2D eigenvalue weighted by Gasteiger charge is 2.24. The molecule has 2 heterocycles. The predicted molar refractivity (Wildman–Crippen MR) is 246 cm³/mol. The van der Waals surface area contributed by atoms with Gasteiger partial charge in [-0.25, -0.2) is 4.79 Å². The number of para-hydroxylation sites is 1. The molecule has 7 rings (SSSR count). The van der Waals surface area contributed by atoms with Crippen molar-refractivity contribution in [1.29, 1.82) is 0 Å². The molecule has 320 valence electrons. The van der Waals surface area contributed by atoms with Gasteiger partial charge in [-0.1, -0.05) is 84.9 Å². The second kappa shape index (κ2) is 20.7. The molecule has 12 heteroatoms. The van der Waals surface area contributed by atoms with Gasteiger partial charge < -0.3 is 35.3 Å². The van der Waals surface area contributed by atoms with Crippen LogP contribution >= 0.6 is 0 Å². The fourth-order valence-electron chi connectivity index (χ4n) is 7.94. The first-order valence-corrected chi connectivity index (χ1v) is 21.2. The van der Waals surface area contributed by atoms with Crippen molar-refractivity contribution in [3.05, 3.63) is 154 Å². The SMILES string of the molecule is CC(Cc1ccc(CC(=O)Nc2cccc(N(C)C(=O)CCN3CCC(OC(=O)Nc4ccccc4-c4ccccc4)CC3)c2)cc1)NCCc1ccc(O)c2[nH]c(=O)ccc12. The monoisotopic (exact) mass is 834 g/mol. The Bertz CT molecular complexity index is 2530. The van der Waals surface area contributed by atoms with E-state index in [1.54, 1.807) is 24.1 Å². The summed E-state index contributed by atoms with van der Waals surface area (Å²) in [5.74, 6) is -0.116. The van der Waals surface area contributed by atoms with E-state index in [-0.39, 0.29) is 41.7 Å². The number of ether oxygens (including phenoxy) is 1. The van der Waals surface area contributed by atoms with E-state index in [9.17, 15) is 24.3 Å². The lowest BCUT2D eigenvalue weighted by Gasteiger charge is -2.31. The Hall–Kier alpha value is -6.76. The van der Waals surface area contributed by atoms with E-state index in [0.717, 1.165) is 65.7 Å². The number of fused-ring (bicyclic) bond motifs is 1. The van der Waals surface area contributed by atoms with Crippen molar-refractivity contribution in [2.24, 2.45) is 0 Å². The number of carbonyl (C=O) groups is 3. The predicted octanol–water partition coefficient (Wildman–Crippen LogP) is 7.91. The first-order valence-electron chi connectivity index (χ1n) is 21.2. The number of benzene rings is 5. The number of amides is 3. The topological polar surface area (TPSA) is 156 Å². The number of pyridine rings is 1. The Morgan fingerprint density at radius 3 is 2.39 bits per heavy atom. The summed E-state index contributed by atoms with van der Waals surface area (Å²) in [6, 6.07) is 39.9. The fraction of sp³-hybridized carbons (Fsp3) is 0.280. The summed E-state index contributed by atoms with van der Waals surface area (Å²) in [5, 5.41) is 20.5. The Labute approximate surface area is 361 Å². The van der Waals surface area contributed by atoms with Crippen molar-refractivity contribution in [3.63, 3.8) is 0 Å². The average molecular weight is 835 g/mol. The summed E-state index contributed by atoms with van der Waals surface area (Å²) in [6.45, 7) is 4.91. The van der Waals surface area contributed by atoms with E-state index in [4.69, 9.17) is 4.74 Å². The molecule has 1 atom stereocenters. The summed E-state index contributed by atoms with van der Waals surface area (Å²) in [4.78, 5) is 57.4. The maximum Gasteiger partial charge on any atom is 0.411 e. The summed E-state index contributed by atoms with van der Waals surface area (Å²) in [6.07, 6.45) is 2.82. The van der Waals surface area contributed by atoms with Crippen LogP contribution in [0.5, 0.6) is 5.75 Å². The number of carbonyl (C=O) groups excluding carboxylic acids is 3. The molecule has 0 saturated carbocycles. The van der Waals surface area contributed by atoms with Crippen molar-refractivity contribution in [2.75, 3.05) is 48.8 Å². The Morgan fingerprint density at radius 2 is 1.60 bits per heavy atom. The van der Waals surface area contributed by atoms with Gasteiger partial charge in [0, 0.05) is 67.5 Å². The highest BCUT2D eigenvalue weighted by molar-refractivity contribution is 5.96. The number of hydrogen-bond acceptors (Lipinski definition) is 8. The number of piperidine rings is 1. The van der Waals surface area contributed by atoms with Crippen LogP contribution in [0.25, 0.3) is 22.0 Å². The molecule has 1 aliphatic heterocycles. The second-order valence-corrected chi connectivity index (χ2v) is 15.9. The molecular formula is C50H54N6O6. The molecule has 1 fully saturated rings.